The minimum absolute atomic E-state index is 0.126. The largest absolute Gasteiger partial charge is 0.457 e. The Morgan fingerprint density at radius 3 is 2.22 bits per heavy atom. The molecular weight excluding hydrogens is 740 g/mol. The molecule has 0 spiro atoms. The van der Waals surface area contributed by atoms with Gasteiger partial charge in [-0.05, 0) is 58.6 Å². The summed E-state index contributed by atoms with van der Waals surface area (Å²) in [6.45, 7) is 12.3. The van der Waals surface area contributed by atoms with Crippen LogP contribution in [-0.2, 0) is 35.0 Å². The summed E-state index contributed by atoms with van der Waals surface area (Å²) in [4.78, 5) is 25.0. The molecule has 0 radical (unpaired) electrons. The minimum atomic E-state index is -4.68. The van der Waals surface area contributed by atoms with Crippen molar-refractivity contribution in [2.24, 2.45) is 24.3 Å². The van der Waals surface area contributed by atoms with E-state index in [-0.39, 0.29) is 11.3 Å². The van der Waals surface area contributed by atoms with Gasteiger partial charge < -0.3 is 14.8 Å². The Bertz CT molecular complexity index is 2010. The van der Waals surface area contributed by atoms with Gasteiger partial charge in [0.15, 0.2) is 0 Å². The van der Waals surface area contributed by atoms with E-state index in [2.05, 4.69) is 43.3 Å². The van der Waals surface area contributed by atoms with Gasteiger partial charge in [-0.3, -0.25) is 14.3 Å². The number of carbonyl (C=O) groups excluding carboxylic acids is 2. The van der Waals surface area contributed by atoms with E-state index in [0.29, 0.717) is 40.7 Å². The summed E-state index contributed by atoms with van der Waals surface area (Å²) in [5.74, 6) is -1.47. The SMILES string of the molecule is CC1(C)C(/C=C(\Cl)C(F)(F)F)C1C(=O)OC(C#N)c1cccc(Oc2ccccc2)c1.CCc1nn(C)c(C(=O)NCc2ccc(C(C)(C)C)cc2)c1Cl. The lowest BCUT2D eigenvalue weighted by molar-refractivity contribution is -0.149. The molecule has 13 heteroatoms. The van der Waals surface area contributed by atoms with Crippen LogP contribution in [0.25, 0.3) is 0 Å². The maximum absolute atomic E-state index is 12.7. The molecule has 1 aromatic heterocycles. The van der Waals surface area contributed by atoms with Crippen molar-refractivity contribution in [1.29, 1.82) is 5.26 Å². The van der Waals surface area contributed by atoms with Crippen molar-refractivity contribution >= 4 is 35.1 Å². The fraction of sp³-hybridized carbons (Fsp3) is 0.366. The van der Waals surface area contributed by atoms with Gasteiger partial charge in [-0.1, -0.05) is 125 Å². The summed E-state index contributed by atoms with van der Waals surface area (Å²) in [5, 5.41) is 15.9. The number of esters is 1. The van der Waals surface area contributed by atoms with Crippen molar-refractivity contribution in [1.82, 2.24) is 15.1 Å². The molecule has 286 valence electrons. The van der Waals surface area contributed by atoms with Gasteiger partial charge in [-0.2, -0.15) is 23.5 Å². The molecule has 3 atom stereocenters. The fourth-order valence-electron chi connectivity index (χ4n) is 5.83. The van der Waals surface area contributed by atoms with Crippen molar-refractivity contribution in [3.63, 3.8) is 0 Å². The standard InChI is InChI=1S/C23H19ClF3NO3.C18H24ClN3O/c1-22(2)17(12-19(24)23(25,26)27)20(22)21(29)31-18(13-28)14-7-6-10-16(11-14)30-15-8-4-3-5-9-15;1-6-14-15(19)16(22(5)21-14)17(23)20-11-12-7-9-13(10-8-12)18(2,3)4/h3-12,17-18,20H,1-2H3;7-10H,6,11H2,1-5H3,(H,20,23)/b19-12-;. The predicted molar refractivity (Wildman–Crippen MR) is 202 cm³/mol. The quantitative estimate of drug-likeness (QED) is 0.161. The number of benzene rings is 3. The van der Waals surface area contributed by atoms with Crippen LogP contribution in [0.1, 0.15) is 80.5 Å². The maximum Gasteiger partial charge on any atom is 0.426 e. The first-order chi connectivity index (χ1) is 25.3. The second-order valence-corrected chi connectivity index (χ2v) is 15.3. The van der Waals surface area contributed by atoms with Gasteiger partial charge in [-0.15, -0.1) is 0 Å². The number of hydrogen-bond acceptors (Lipinski definition) is 6. The third kappa shape index (κ3) is 10.5. The van der Waals surface area contributed by atoms with E-state index >= 15 is 0 Å². The zero-order valence-corrected chi connectivity index (χ0v) is 32.6. The average molecular weight is 784 g/mol. The Balaban J connectivity index is 0.000000252. The summed E-state index contributed by atoms with van der Waals surface area (Å²) in [7, 11) is 1.73. The molecule has 8 nitrogen and oxygen atoms in total. The second-order valence-electron chi connectivity index (χ2n) is 14.5. The normalized spacial score (nSPS) is 17.0. The molecule has 1 aliphatic rings. The lowest BCUT2D eigenvalue weighted by Crippen LogP contribution is -2.25. The highest BCUT2D eigenvalue weighted by Crippen LogP contribution is 2.60. The zero-order chi connectivity index (χ0) is 40.0. The lowest BCUT2D eigenvalue weighted by Gasteiger charge is -2.19. The summed E-state index contributed by atoms with van der Waals surface area (Å²) in [6, 6.07) is 25.7. The number of alkyl halides is 3. The number of carbonyl (C=O) groups is 2. The van der Waals surface area contributed by atoms with Crippen molar-refractivity contribution in [2.45, 2.75) is 72.2 Å². The van der Waals surface area contributed by atoms with E-state index in [0.717, 1.165) is 17.3 Å². The van der Waals surface area contributed by atoms with Crippen LogP contribution in [0.15, 0.2) is 90.0 Å². The van der Waals surface area contributed by atoms with Crippen LogP contribution < -0.4 is 10.1 Å². The molecule has 1 N–H and O–H groups in total. The van der Waals surface area contributed by atoms with Gasteiger partial charge in [0.2, 0.25) is 6.10 Å². The van der Waals surface area contributed by atoms with Gasteiger partial charge in [0.25, 0.3) is 5.91 Å². The van der Waals surface area contributed by atoms with Crippen LogP contribution in [0.2, 0.25) is 5.02 Å². The molecule has 0 bridgehead atoms. The van der Waals surface area contributed by atoms with Crippen LogP contribution in [0.3, 0.4) is 0 Å². The van der Waals surface area contributed by atoms with Gasteiger partial charge in [0.1, 0.15) is 28.3 Å². The highest BCUT2D eigenvalue weighted by atomic mass is 35.5. The monoisotopic (exact) mass is 782 g/mol. The fourth-order valence-corrected chi connectivity index (χ4v) is 6.35. The van der Waals surface area contributed by atoms with Crippen LogP contribution in [0, 0.1) is 28.6 Å². The molecule has 0 saturated heterocycles. The molecule has 1 aliphatic carbocycles. The number of allylic oxidation sites excluding steroid dienone is 2. The topological polar surface area (TPSA) is 106 Å². The summed E-state index contributed by atoms with van der Waals surface area (Å²) < 4.78 is 50.8. The van der Waals surface area contributed by atoms with Crippen molar-refractivity contribution < 1.29 is 32.2 Å². The van der Waals surface area contributed by atoms with Crippen LogP contribution in [0.5, 0.6) is 11.5 Å². The number of para-hydroxylation sites is 1. The van der Waals surface area contributed by atoms with Crippen molar-refractivity contribution in [2.75, 3.05) is 0 Å². The van der Waals surface area contributed by atoms with Gasteiger partial charge in [0, 0.05) is 19.2 Å². The Morgan fingerprint density at radius 2 is 1.67 bits per heavy atom. The highest BCUT2D eigenvalue weighted by Gasteiger charge is 2.62. The van der Waals surface area contributed by atoms with E-state index in [4.69, 9.17) is 32.7 Å². The van der Waals surface area contributed by atoms with Crippen LogP contribution in [0.4, 0.5) is 13.2 Å². The maximum atomic E-state index is 12.7. The Labute approximate surface area is 323 Å². The predicted octanol–water partition coefficient (Wildman–Crippen LogP) is 10.4. The minimum Gasteiger partial charge on any atom is -0.457 e. The Kier molecular flexibility index (Phi) is 13.3. The first-order valence-electron chi connectivity index (χ1n) is 17.2. The summed E-state index contributed by atoms with van der Waals surface area (Å²) in [6.07, 6.45) is -4.37. The molecule has 5 rings (SSSR count). The molecule has 3 aromatic carbocycles. The van der Waals surface area contributed by atoms with E-state index in [1.807, 2.05) is 43.3 Å². The van der Waals surface area contributed by atoms with E-state index in [1.165, 1.54) is 5.56 Å². The lowest BCUT2D eigenvalue weighted by atomic mass is 9.87. The van der Waals surface area contributed by atoms with Gasteiger partial charge >= 0.3 is 12.1 Å². The number of rotatable bonds is 10. The number of nitrogens with zero attached hydrogens (tertiary/aromatic N) is 3. The van der Waals surface area contributed by atoms with Gasteiger partial charge in [-0.25, -0.2) is 0 Å². The third-order valence-electron chi connectivity index (χ3n) is 9.13. The number of nitrogens with one attached hydrogen (secondary N) is 1. The number of halogens is 5. The second kappa shape index (κ2) is 17.1. The summed E-state index contributed by atoms with van der Waals surface area (Å²) in [5.41, 5.74) is 3.24. The Morgan fingerprint density at radius 1 is 1.04 bits per heavy atom. The van der Waals surface area contributed by atoms with Gasteiger partial charge in [0.05, 0.1) is 16.6 Å². The average Bonchev–Trinajstić information content (AvgIpc) is 3.52. The molecule has 54 heavy (non-hydrogen) atoms. The van der Waals surface area contributed by atoms with Crippen LogP contribution >= 0.6 is 23.2 Å². The van der Waals surface area contributed by atoms with Crippen LogP contribution in [-0.4, -0.2) is 27.8 Å². The number of ether oxygens (including phenoxy) is 2. The number of aromatic nitrogens is 2. The molecule has 4 aromatic rings. The molecule has 1 heterocycles. The molecule has 3 unspecified atom stereocenters. The molecule has 1 fully saturated rings. The highest BCUT2D eigenvalue weighted by molar-refractivity contribution is 6.34. The number of aryl methyl sites for hydroxylation is 2. The van der Waals surface area contributed by atoms with E-state index in [1.54, 1.807) is 62.0 Å². The smallest absolute Gasteiger partial charge is 0.426 e. The molecule has 1 saturated carbocycles. The first-order valence-corrected chi connectivity index (χ1v) is 18.0. The molecular formula is C41H43Cl2F3N4O4. The first kappa shape index (κ1) is 42.0. The van der Waals surface area contributed by atoms with E-state index in [9.17, 15) is 28.0 Å². The third-order valence-corrected chi connectivity index (χ3v) is 9.87. The number of nitriles is 1. The zero-order valence-electron chi connectivity index (χ0n) is 31.1. The summed E-state index contributed by atoms with van der Waals surface area (Å²) >= 11 is 11.6. The number of amides is 1. The molecule has 1 amide bonds. The Hall–Kier alpha value is -4.79. The van der Waals surface area contributed by atoms with E-state index < -0.39 is 40.5 Å². The molecule has 0 aliphatic heterocycles. The van der Waals surface area contributed by atoms with Crippen molar-refractivity contribution in [3.05, 3.63) is 123 Å². The number of hydrogen-bond donors (Lipinski definition) is 1. The van der Waals surface area contributed by atoms with Crippen molar-refractivity contribution in [3.8, 4) is 17.6 Å².